The van der Waals surface area contributed by atoms with Crippen LogP contribution in [-0.4, -0.2) is 13.1 Å². The van der Waals surface area contributed by atoms with Crippen LogP contribution in [0, 0.1) is 0 Å². The molecule has 3 heteroatoms. The number of alkyl halides is 1. The van der Waals surface area contributed by atoms with E-state index in [4.69, 9.17) is 11.6 Å². The van der Waals surface area contributed by atoms with Gasteiger partial charge in [0.05, 0.1) is 0 Å². The average molecular weight is 289 g/mol. The van der Waals surface area contributed by atoms with Crippen molar-refractivity contribution >= 4 is 33.2 Å². The fourth-order valence-electron chi connectivity index (χ4n) is 2.10. The van der Waals surface area contributed by atoms with Crippen LogP contribution < -0.4 is 4.90 Å². The van der Waals surface area contributed by atoms with E-state index in [-0.39, 0.29) is 0 Å². The number of piperidine rings is 1. The van der Waals surface area contributed by atoms with Gasteiger partial charge < -0.3 is 4.90 Å². The van der Waals surface area contributed by atoms with Crippen LogP contribution in [0.25, 0.3) is 0 Å². The molecule has 1 aromatic rings. The number of nitrogens with zero attached hydrogens (tertiary/aromatic N) is 1. The molecule has 0 radical (unpaired) electrons. The molecule has 82 valence electrons. The lowest BCUT2D eigenvalue weighted by atomic mass is 10.1. The topological polar surface area (TPSA) is 3.24 Å². The molecule has 0 N–H and O–H groups in total. The van der Waals surface area contributed by atoms with Crippen molar-refractivity contribution in [3.05, 3.63) is 28.2 Å². The molecule has 15 heavy (non-hydrogen) atoms. The van der Waals surface area contributed by atoms with Gasteiger partial charge in [-0.1, -0.05) is 15.9 Å². The van der Waals surface area contributed by atoms with Gasteiger partial charge in [0, 0.05) is 29.1 Å². The fourth-order valence-corrected chi connectivity index (χ4v) is 2.73. The second kappa shape index (κ2) is 5.22. The van der Waals surface area contributed by atoms with Crippen molar-refractivity contribution in [1.29, 1.82) is 0 Å². The molecule has 0 bridgehead atoms. The lowest BCUT2D eigenvalue weighted by Crippen LogP contribution is -2.30. The van der Waals surface area contributed by atoms with Crippen LogP contribution in [0.3, 0.4) is 0 Å². The summed E-state index contributed by atoms with van der Waals surface area (Å²) < 4.78 is 1.11. The summed E-state index contributed by atoms with van der Waals surface area (Å²) in [6.45, 7) is 2.34. The molecule has 1 saturated heterocycles. The quantitative estimate of drug-likeness (QED) is 0.738. The van der Waals surface area contributed by atoms with Crippen molar-refractivity contribution in [1.82, 2.24) is 0 Å². The minimum atomic E-state index is 0.589. The first-order chi connectivity index (χ1) is 7.31. The van der Waals surface area contributed by atoms with E-state index >= 15 is 0 Å². The molecule has 0 atom stereocenters. The average Bonchev–Trinajstić information content (AvgIpc) is 2.30. The van der Waals surface area contributed by atoms with E-state index in [0.717, 1.165) is 4.47 Å². The Morgan fingerprint density at radius 1 is 1.20 bits per heavy atom. The van der Waals surface area contributed by atoms with Gasteiger partial charge in [0.15, 0.2) is 0 Å². The predicted molar refractivity (Wildman–Crippen MR) is 69.8 cm³/mol. The monoisotopic (exact) mass is 287 g/mol. The first-order valence-electron chi connectivity index (χ1n) is 5.40. The first-order valence-corrected chi connectivity index (χ1v) is 6.73. The Kier molecular flexibility index (Phi) is 3.92. The van der Waals surface area contributed by atoms with Gasteiger partial charge in [-0.2, -0.15) is 0 Å². The summed E-state index contributed by atoms with van der Waals surface area (Å²) in [7, 11) is 0. The molecule has 2 rings (SSSR count). The molecule has 0 spiro atoms. The molecule has 0 aliphatic carbocycles. The fraction of sp³-hybridized carbons (Fsp3) is 0.500. The lowest BCUT2D eigenvalue weighted by Gasteiger charge is -2.30. The van der Waals surface area contributed by atoms with Gasteiger partial charge in [-0.15, -0.1) is 11.6 Å². The highest BCUT2D eigenvalue weighted by Gasteiger charge is 2.13. The van der Waals surface area contributed by atoms with Crippen LogP contribution >= 0.6 is 27.5 Å². The first kappa shape index (κ1) is 11.3. The molecule has 1 fully saturated rings. The molecular weight excluding hydrogens is 273 g/mol. The predicted octanol–water partition coefficient (Wildman–Crippen LogP) is 4.18. The van der Waals surface area contributed by atoms with E-state index in [2.05, 4.69) is 39.0 Å². The third-order valence-corrected chi connectivity index (χ3v) is 3.66. The van der Waals surface area contributed by atoms with Crippen molar-refractivity contribution in [3.63, 3.8) is 0 Å². The van der Waals surface area contributed by atoms with Crippen molar-refractivity contribution in [2.24, 2.45) is 0 Å². The number of rotatable bonds is 2. The maximum absolute atomic E-state index is 5.98. The molecular formula is C12H15BrClN. The number of halogens is 2. The van der Waals surface area contributed by atoms with E-state index in [9.17, 15) is 0 Å². The number of hydrogen-bond donors (Lipinski definition) is 0. The normalized spacial score (nSPS) is 16.8. The highest BCUT2D eigenvalue weighted by molar-refractivity contribution is 9.10. The zero-order valence-electron chi connectivity index (χ0n) is 8.68. The van der Waals surface area contributed by atoms with E-state index in [0.29, 0.717) is 5.88 Å². The van der Waals surface area contributed by atoms with Crippen LogP contribution in [0.5, 0.6) is 0 Å². The molecule has 0 saturated carbocycles. The Balaban J connectivity index is 2.25. The molecule has 0 aromatic heterocycles. The summed E-state index contributed by atoms with van der Waals surface area (Å²) in [5, 5.41) is 0. The summed E-state index contributed by atoms with van der Waals surface area (Å²) in [4.78, 5) is 2.45. The molecule has 1 aromatic carbocycles. The second-order valence-electron chi connectivity index (χ2n) is 3.95. The van der Waals surface area contributed by atoms with Crippen LogP contribution in [-0.2, 0) is 5.88 Å². The molecule has 1 nitrogen and oxygen atoms in total. The van der Waals surface area contributed by atoms with E-state index in [1.54, 1.807) is 0 Å². The molecule has 0 unspecified atom stereocenters. The Labute approximate surface area is 105 Å². The van der Waals surface area contributed by atoms with Crippen LogP contribution in [0.15, 0.2) is 22.7 Å². The lowest BCUT2D eigenvalue weighted by molar-refractivity contribution is 0.577. The number of hydrogen-bond acceptors (Lipinski definition) is 1. The number of benzene rings is 1. The Morgan fingerprint density at radius 2 is 1.93 bits per heavy atom. The van der Waals surface area contributed by atoms with Crippen LogP contribution in [0.4, 0.5) is 5.69 Å². The summed E-state index contributed by atoms with van der Waals surface area (Å²) in [6, 6.07) is 6.39. The zero-order valence-corrected chi connectivity index (χ0v) is 11.0. The Hall–Kier alpha value is -0.210. The van der Waals surface area contributed by atoms with Gasteiger partial charge in [-0.3, -0.25) is 0 Å². The Bertz CT molecular complexity index is 334. The van der Waals surface area contributed by atoms with Gasteiger partial charge in [-0.25, -0.2) is 0 Å². The van der Waals surface area contributed by atoms with Gasteiger partial charge in [0.25, 0.3) is 0 Å². The SMILES string of the molecule is ClCc1cc(Br)ccc1N1CCCCC1. The van der Waals surface area contributed by atoms with Crippen molar-refractivity contribution in [3.8, 4) is 0 Å². The third kappa shape index (κ3) is 2.67. The highest BCUT2D eigenvalue weighted by Crippen LogP contribution is 2.28. The minimum Gasteiger partial charge on any atom is -0.371 e. The highest BCUT2D eigenvalue weighted by atomic mass is 79.9. The number of anilines is 1. The van der Waals surface area contributed by atoms with Crippen molar-refractivity contribution < 1.29 is 0 Å². The van der Waals surface area contributed by atoms with E-state index < -0.39 is 0 Å². The smallest absolute Gasteiger partial charge is 0.0494 e. The van der Waals surface area contributed by atoms with Crippen molar-refractivity contribution in [2.45, 2.75) is 25.1 Å². The van der Waals surface area contributed by atoms with Gasteiger partial charge >= 0.3 is 0 Å². The van der Waals surface area contributed by atoms with Gasteiger partial charge in [0.2, 0.25) is 0 Å². The molecule has 1 aliphatic heterocycles. The van der Waals surface area contributed by atoms with E-state index in [1.165, 1.54) is 43.6 Å². The van der Waals surface area contributed by atoms with Crippen LogP contribution in [0.1, 0.15) is 24.8 Å². The molecule has 0 amide bonds. The Morgan fingerprint density at radius 3 is 2.60 bits per heavy atom. The molecule has 1 aliphatic rings. The summed E-state index contributed by atoms with van der Waals surface area (Å²) in [5.41, 5.74) is 2.54. The minimum absolute atomic E-state index is 0.589. The zero-order chi connectivity index (χ0) is 10.7. The summed E-state index contributed by atoms with van der Waals surface area (Å²) >= 11 is 9.46. The van der Waals surface area contributed by atoms with Crippen LogP contribution in [0.2, 0.25) is 0 Å². The third-order valence-electron chi connectivity index (χ3n) is 2.88. The van der Waals surface area contributed by atoms with Gasteiger partial charge in [0.1, 0.15) is 0 Å². The second-order valence-corrected chi connectivity index (χ2v) is 5.14. The largest absolute Gasteiger partial charge is 0.371 e. The summed E-state index contributed by atoms with van der Waals surface area (Å²) in [6.07, 6.45) is 3.97. The standard InChI is InChI=1S/C12H15BrClN/c13-11-4-5-12(10(8-11)9-14)15-6-2-1-3-7-15/h4-5,8H,1-3,6-7,9H2. The maximum atomic E-state index is 5.98. The molecule has 1 heterocycles. The summed E-state index contributed by atoms with van der Waals surface area (Å²) in [5.74, 6) is 0.589. The van der Waals surface area contributed by atoms with E-state index in [1.807, 2.05) is 0 Å². The van der Waals surface area contributed by atoms with Gasteiger partial charge in [-0.05, 0) is 43.0 Å². The van der Waals surface area contributed by atoms with Crippen molar-refractivity contribution in [2.75, 3.05) is 18.0 Å². The maximum Gasteiger partial charge on any atom is 0.0494 e.